The number of aromatic nitrogens is 1. The van der Waals surface area contributed by atoms with Crippen molar-refractivity contribution in [3.8, 4) is 11.1 Å². The molecule has 20 heteroatoms. The number of carbonyl (C=O) groups is 9. The lowest BCUT2D eigenvalue weighted by molar-refractivity contribution is -0.177. The van der Waals surface area contributed by atoms with Crippen LogP contribution in [0.25, 0.3) is 22.0 Å². The number of likely N-dealkylation sites (N-methyl/N-ethyl adjacent to an activating group) is 4. The van der Waals surface area contributed by atoms with Crippen LogP contribution in [-0.2, 0) is 60.7 Å². The first kappa shape index (κ1) is 66.4. The molecule has 4 aromatic rings. The molecule has 2 fully saturated rings. The van der Waals surface area contributed by atoms with Crippen molar-refractivity contribution in [3.05, 3.63) is 102 Å². The Balaban J connectivity index is 1.48. The van der Waals surface area contributed by atoms with E-state index in [1.165, 1.54) is 70.6 Å². The Kier molecular flexibility index (Phi) is 22.6. The second-order valence-electron chi connectivity index (χ2n) is 24.2. The maximum Gasteiger partial charge on any atom is 0.332 e. The van der Waals surface area contributed by atoms with Gasteiger partial charge in [0.05, 0.1) is 11.1 Å². The molecule has 0 bridgehead atoms. The second-order valence-corrected chi connectivity index (χ2v) is 24.2. The number of ether oxygens (including phenoxy) is 1. The van der Waals surface area contributed by atoms with Crippen LogP contribution in [0.1, 0.15) is 112 Å². The van der Waals surface area contributed by atoms with Crippen molar-refractivity contribution < 1.29 is 53.0 Å². The SMILES string of the molecule is CCC(C)C1NC(=O)C2CCCN2C(=O)C(Cc2cccc(-c3cccc4ncccc34)c2)N(C)C(=O)C(Cc2ccccc2)NC(=O)[C@H](C)N(C)C(=O)C([C@H](C)CC)OC(=O)C(C(C)(C)O)N(C)C(=O)C(CC(C)C)NC(=O)[C@H](C)N(C)C1=O. The lowest BCUT2D eigenvalue weighted by atomic mass is 9.94. The number of fused-ring (bicyclic) bond motifs is 2. The summed E-state index contributed by atoms with van der Waals surface area (Å²) in [4.78, 5) is 144. The Bertz CT molecular complexity index is 3050. The monoisotopic (exact) mass is 1170 g/mol. The topological polar surface area (TPSA) is 248 Å². The molecule has 3 aromatic carbocycles. The van der Waals surface area contributed by atoms with Gasteiger partial charge in [0.2, 0.25) is 41.4 Å². The molecule has 4 N–H and O–H groups in total. The average Bonchev–Trinajstić information content (AvgIpc) is 3.40. The van der Waals surface area contributed by atoms with E-state index in [0.717, 1.165) is 31.8 Å². The van der Waals surface area contributed by atoms with Crippen molar-refractivity contribution >= 4 is 64.1 Å². The molecule has 460 valence electrons. The highest BCUT2D eigenvalue weighted by Crippen LogP contribution is 2.31. The van der Waals surface area contributed by atoms with Gasteiger partial charge in [0, 0.05) is 65.1 Å². The smallest absolute Gasteiger partial charge is 0.332 e. The van der Waals surface area contributed by atoms with Crippen LogP contribution >= 0.6 is 0 Å². The summed E-state index contributed by atoms with van der Waals surface area (Å²) < 4.78 is 6.03. The van der Waals surface area contributed by atoms with Gasteiger partial charge in [0.25, 0.3) is 5.91 Å². The standard InChI is InChI=1S/C65H89N9O11/c1-15-39(5)53-62(81)70(11)41(7)56(75)67-49(34-38(3)4)60(79)73(14)55(65(9,10)84)64(83)85-54(40(6)16-2)63(82)71(12)42(8)57(76)68-50(36-43-24-18-17-19-25-43)59(78)72(13)52(61(80)74-33-23-31-51(74)58(77)69-53)37-44-26-20-27-45(35-44)46-28-21-30-48-47(46)29-22-32-66-48/h17-22,24-30,32,35,38-42,49-55,84H,15-16,23,31,33-34,36-37H2,1-14H3,(H,67,75)(H,68,76)(H,69,77)/t39?,40-,41+,42+,49?,50?,51?,52?,53?,54?,55?/m1/s1. The largest absolute Gasteiger partial charge is 0.450 e. The number of aliphatic hydroxyl groups is 1. The molecular weight excluding hydrogens is 1080 g/mol. The summed E-state index contributed by atoms with van der Waals surface area (Å²) in [7, 11) is 5.57. The fraction of sp³-hybridized carbons (Fsp3) is 0.538. The van der Waals surface area contributed by atoms with Gasteiger partial charge >= 0.3 is 5.97 Å². The third-order valence-electron chi connectivity index (χ3n) is 17.1. The highest BCUT2D eigenvalue weighted by molar-refractivity contribution is 5.99. The van der Waals surface area contributed by atoms with E-state index in [4.69, 9.17) is 4.74 Å². The van der Waals surface area contributed by atoms with E-state index in [-0.39, 0.29) is 38.1 Å². The van der Waals surface area contributed by atoms with E-state index in [1.807, 2.05) is 81.4 Å². The lowest BCUT2D eigenvalue weighted by Gasteiger charge is -2.39. The van der Waals surface area contributed by atoms with Gasteiger partial charge in [-0.25, -0.2) is 4.79 Å². The molecule has 0 aliphatic carbocycles. The molecule has 2 saturated heterocycles. The number of nitrogens with zero attached hydrogens (tertiary/aromatic N) is 6. The van der Waals surface area contributed by atoms with Crippen LogP contribution in [0.3, 0.4) is 0 Å². The van der Waals surface area contributed by atoms with E-state index in [1.54, 1.807) is 51.2 Å². The normalized spacial score (nSPS) is 25.3. The van der Waals surface area contributed by atoms with Gasteiger partial charge in [0.1, 0.15) is 42.3 Å². The molecule has 6 rings (SSSR count). The summed E-state index contributed by atoms with van der Waals surface area (Å²) in [5, 5.41) is 21.2. The van der Waals surface area contributed by atoms with Gasteiger partial charge < -0.3 is 50.3 Å². The maximum atomic E-state index is 15.6. The van der Waals surface area contributed by atoms with Crippen LogP contribution in [0.4, 0.5) is 0 Å². The van der Waals surface area contributed by atoms with Crippen LogP contribution in [0.15, 0.2) is 91.1 Å². The second kappa shape index (κ2) is 28.9. The minimum atomic E-state index is -1.97. The molecule has 8 unspecified atom stereocenters. The predicted octanol–water partition coefficient (Wildman–Crippen LogP) is 5.31. The Morgan fingerprint density at radius 2 is 1.24 bits per heavy atom. The summed E-state index contributed by atoms with van der Waals surface area (Å²) in [5.41, 5.74) is 1.91. The molecule has 8 amide bonds. The first-order chi connectivity index (χ1) is 40.1. The molecule has 2 aliphatic rings. The van der Waals surface area contributed by atoms with Gasteiger partial charge in [-0.1, -0.05) is 121 Å². The van der Waals surface area contributed by atoms with Crippen molar-refractivity contribution in [1.29, 1.82) is 0 Å². The van der Waals surface area contributed by atoms with E-state index < -0.39 is 125 Å². The van der Waals surface area contributed by atoms with Gasteiger partial charge in [-0.15, -0.1) is 0 Å². The summed E-state index contributed by atoms with van der Waals surface area (Å²) in [6.45, 7) is 16.5. The van der Waals surface area contributed by atoms with Crippen LogP contribution < -0.4 is 16.0 Å². The van der Waals surface area contributed by atoms with E-state index >= 15 is 9.59 Å². The van der Waals surface area contributed by atoms with E-state index in [0.29, 0.717) is 30.4 Å². The minimum absolute atomic E-state index is 0.0232. The average molecular weight is 1170 g/mol. The van der Waals surface area contributed by atoms with Gasteiger partial charge in [-0.05, 0) is 99.6 Å². The number of carbonyl (C=O) groups excluding carboxylic acids is 9. The summed E-state index contributed by atoms with van der Waals surface area (Å²) in [6.07, 6.45) is 1.64. The number of esters is 1. The molecular formula is C65H89N9O11. The van der Waals surface area contributed by atoms with Crippen molar-refractivity contribution in [1.82, 2.24) is 45.4 Å². The summed E-state index contributed by atoms with van der Waals surface area (Å²) in [6, 6.07) is 16.0. The Labute approximate surface area is 500 Å². The molecule has 3 heterocycles. The molecule has 11 atom stereocenters. The quantitative estimate of drug-likeness (QED) is 0.132. The zero-order valence-corrected chi connectivity index (χ0v) is 52.0. The Morgan fingerprint density at radius 3 is 1.86 bits per heavy atom. The van der Waals surface area contributed by atoms with Crippen molar-refractivity contribution in [3.63, 3.8) is 0 Å². The van der Waals surface area contributed by atoms with Crippen LogP contribution in [0.2, 0.25) is 0 Å². The highest BCUT2D eigenvalue weighted by Gasteiger charge is 2.47. The maximum absolute atomic E-state index is 15.6. The van der Waals surface area contributed by atoms with Crippen LogP contribution in [0.5, 0.6) is 0 Å². The number of benzene rings is 3. The van der Waals surface area contributed by atoms with E-state index in [2.05, 4.69) is 20.9 Å². The first-order valence-corrected chi connectivity index (χ1v) is 29.8. The lowest BCUT2D eigenvalue weighted by Crippen LogP contribution is -2.62. The Hall–Kier alpha value is -7.74. The van der Waals surface area contributed by atoms with Crippen molar-refractivity contribution in [2.24, 2.45) is 17.8 Å². The van der Waals surface area contributed by atoms with Crippen LogP contribution in [-0.4, -0.2) is 183 Å². The predicted molar refractivity (Wildman–Crippen MR) is 324 cm³/mol. The highest BCUT2D eigenvalue weighted by atomic mass is 16.6. The number of nitrogens with one attached hydrogen (secondary N) is 3. The first-order valence-electron chi connectivity index (χ1n) is 29.8. The molecule has 0 spiro atoms. The molecule has 2 aliphatic heterocycles. The fourth-order valence-electron chi connectivity index (χ4n) is 11.2. The zero-order chi connectivity index (χ0) is 62.8. The number of rotatable bonds is 12. The molecule has 85 heavy (non-hydrogen) atoms. The molecule has 0 radical (unpaired) electrons. The number of amides is 8. The zero-order valence-electron chi connectivity index (χ0n) is 52.0. The number of hydrogen-bond donors (Lipinski definition) is 4. The van der Waals surface area contributed by atoms with E-state index in [9.17, 15) is 38.7 Å². The summed E-state index contributed by atoms with van der Waals surface area (Å²) in [5.74, 6) is -7.83. The van der Waals surface area contributed by atoms with Gasteiger partial charge in [-0.2, -0.15) is 0 Å². The van der Waals surface area contributed by atoms with Gasteiger partial charge in [-0.3, -0.25) is 43.3 Å². The third kappa shape index (κ3) is 15.8. The number of hydrogen-bond acceptors (Lipinski definition) is 12. The Morgan fingerprint density at radius 1 is 0.635 bits per heavy atom. The van der Waals surface area contributed by atoms with Crippen molar-refractivity contribution in [2.75, 3.05) is 34.7 Å². The van der Waals surface area contributed by atoms with Crippen LogP contribution in [0, 0.1) is 17.8 Å². The van der Waals surface area contributed by atoms with Gasteiger partial charge in [0.15, 0.2) is 12.1 Å². The number of cyclic esters (lactones) is 1. The fourth-order valence-corrected chi connectivity index (χ4v) is 11.2. The molecule has 1 aromatic heterocycles. The minimum Gasteiger partial charge on any atom is -0.450 e. The summed E-state index contributed by atoms with van der Waals surface area (Å²) >= 11 is 0. The number of pyridine rings is 1. The molecule has 20 nitrogen and oxygen atoms in total. The molecule has 0 saturated carbocycles. The van der Waals surface area contributed by atoms with Crippen molar-refractivity contribution in [2.45, 2.75) is 174 Å². The third-order valence-corrected chi connectivity index (χ3v) is 17.1.